The largest absolute Gasteiger partial charge is 0.381 e. The molecule has 2 fully saturated rings. The number of nitrogens with zero attached hydrogens (tertiary/aromatic N) is 1. The van der Waals surface area contributed by atoms with E-state index in [0.29, 0.717) is 17.3 Å². The Morgan fingerprint density at radius 2 is 2.10 bits per heavy atom. The van der Waals surface area contributed by atoms with Crippen LogP contribution in [0.25, 0.3) is 0 Å². The fourth-order valence-corrected chi connectivity index (χ4v) is 2.50. The first-order valence-corrected chi connectivity index (χ1v) is 7.24. The van der Waals surface area contributed by atoms with Crippen LogP contribution in [0.3, 0.4) is 0 Å². The molecule has 1 aliphatic carbocycles. The third kappa shape index (κ3) is 3.07. The van der Waals surface area contributed by atoms with Crippen molar-refractivity contribution in [3.05, 3.63) is 21.7 Å². The van der Waals surface area contributed by atoms with Gasteiger partial charge in [0.05, 0.1) is 5.56 Å². The molecule has 0 bridgehead atoms. The maximum Gasteiger partial charge on any atom is 0.261 e. The van der Waals surface area contributed by atoms with E-state index in [1.54, 1.807) is 0 Å². The quantitative estimate of drug-likeness (QED) is 0.707. The third-order valence-electron chi connectivity index (χ3n) is 3.89. The van der Waals surface area contributed by atoms with Crippen LogP contribution in [0.15, 0.2) is 4.79 Å². The molecule has 20 heavy (non-hydrogen) atoms. The van der Waals surface area contributed by atoms with Crippen LogP contribution in [-0.2, 0) is 11.2 Å². The van der Waals surface area contributed by atoms with E-state index in [1.165, 1.54) is 12.8 Å². The van der Waals surface area contributed by atoms with E-state index in [2.05, 4.69) is 15.3 Å². The van der Waals surface area contributed by atoms with Gasteiger partial charge in [-0.1, -0.05) is 0 Å². The minimum absolute atomic E-state index is 0.222. The summed E-state index contributed by atoms with van der Waals surface area (Å²) in [5.74, 6) is 1.95. The molecule has 1 aliphatic heterocycles. The van der Waals surface area contributed by atoms with Crippen molar-refractivity contribution in [1.82, 2.24) is 9.97 Å². The van der Waals surface area contributed by atoms with Crippen LogP contribution in [-0.4, -0.2) is 35.4 Å². The highest BCUT2D eigenvalue weighted by Crippen LogP contribution is 2.31. The highest BCUT2D eigenvalue weighted by molar-refractivity contribution is 5.83. The predicted octanol–water partition coefficient (Wildman–Crippen LogP) is 1.31. The lowest BCUT2D eigenvalue weighted by atomic mass is 10.1. The summed E-state index contributed by atoms with van der Waals surface area (Å²) in [6.07, 6.45) is 6.16. The topological polar surface area (TPSA) is 90.9 Å². The first kappa shape index (κ1) is 13.3. The number of aromatic nitrogens is 2. The van der Waals surface area contributed by atoms with Gasteiger partial charge in [0, 0.05) is 31.9 Å². The van der Waals surface area contributed by atoms with Gasteiger partial charge in [0.15, 0.2) is 0 Å². The number of nitrogens with one attached hydrogen (secondary N) is 3. The smallest absolute Gasteiger partial charge is 0.261 e. The van der Waals surface area contributed by atoms with Gasteiger partial charge in [0.2, 0.25) is 0 Å². The SMILES string of the molecule is N=Cc1c(NC2CCOCC2)nc(CC2CC2)[nH]c1=O. The van der Waals surface area contributed by atoms with Gasteiger partial charge in [-0.15, -0.1) is 0 Å². The Bertz CT molecular complexity index is 545. The molecule has 3 rings (SSSR count). The molecule has 2 heterocycles. The maximum absolute atomic E-state index is 12.0. The van der Waals surface area contributed by atoms with Crippen LogP contribution in [0.5, 0.6) is 0 Å². The lowest BCUT2D eigenvalue weighted by Gasteiger charge is -2.24. The van der Waals surface area contributed by atoms with E-state index in [9.17, 15) is 4.79 Å². The van der Waals surface area contributed by atoms with Gasteiger partial charge in [-0.05, 0) is 31.6 Å². The van der Waals surface area contributed by atoms with Gasteiger partial charge in [-0.2, -0.15) is 0 Å². The van der Waals surface area contributed by atoms with Gasteiger partial charge in [-0.25, -0.2) is 4.98 Å². The molecule has 6 heteroatoms. The Morgan fingerprint density at radius 1 is 1.35 bits per heavy atom. The molecule has 0 radical (unpaired) electrons. The van der Waals surface area contributed by atoms with E-state index >= 15 is 0 Å². The number of anilines is 1. The highest BCUT2D eigenvalue weighted by Gasteiger charge is 2.24. The van der Waals surface area contributed by atoms with Crippen LogP contribution < -0.4 is 10.9 Å². The summed E-state index contributed by atoms with van der Waals surface area (Å²) in [6.45, 7) is 1.46. The molecule has 2 aliphatic rings. The molecule has 0 aromatic carbocycles. The second-order valence-corrected chi connectivity index (χ2v) is 5.60. The van der Waals surface area contributed by atoms with Gasteiger partial charge in [0.1, 0.15) is 11.6 Å². The maximum atomic E-state index is 12.0. The number of aromatic amines is 1. The summed E-state index contributed by atoms with van der Waals surface area (Å²) in [4.78, 5) is 19.3. The number of hydrogen-bond donors (Lipinski definition) is 3. The standard InChI is InChI=1S/C14H20N4O2/c15-8-11-13(16-10-3-5-20-6-4-10)17-12(18-14(11)19)7-9-1-2-9/h8-10,15H,1-7H2,(H2,16,17,18,19). The number of hydrogen-bond acceptors (Lipinski definition) is 5. The zero-order valence-electron chi connectivity index (χ0n) is 11.4. The van der Waals surface area contributed by atoms with E-state index in [4.69, 9.17) is 10.1 Å². The molecule has 1 aromatic rings. The minimum Gasteiger partial charge on any atom is -0.381 e. The average molecular weight is 276 g/mol. The molecule has 1 aromatic heterocycles. The van der Waals surface area contributed by atoms with Crippen molar-refractivity contribution in [3.8, 4) is 0 Å². The summed E-state index contributed by atoms with van der Waals surface area (Å²) >= 11 is 0. The van der Waals surface area contributed by atoms with E-state index < -0.39 is 0 Å². The van der Waals surface area contributed by atoms with Crippen LogP contribution >= 0.6 is 0 Å². The zero-order valence-corrected chi connectivity index (χ0v) is 11.4. The molecule has 6 nitrogen and oxygen atoms in total. The predicted molar refractivity (Wildman–Crippen MR) is 76.6 cm³/mol. The van der Waals surface area contributed by atoms with Crippen molar-refractivity contribution in [1.29, 1.82) is 5.41 Å². The molecule has 0 spiro atoms. The fraction of sp³-hybridized carbons (Fsp3) is 0.643. The molecule has 0 unspecified atom stereocenters. The van der Waals surface area contributed by atoms with E-state index in [1.807, 2.05) is 0 Å². The molecular formula is C14H20N4O2. The normalized spacial score (nSPS) is 19.8. The van der Waals surface area contributed by atoms with Crippen molar-refractivity contribution in [2.24, 2.45) is 5.92 Å². The van der Waals surface area contributed by atoms with Crippen LogP contribution in [0.2, 0.25) is 0 Å². The monoisotopic (exact) mass is 276 g/mol. The molecule has 108 valence electrons. The first-order valence-electron chi connectivity index (χ1n) is 7.24. The summed E-state index contributed by atoms with van der Waals surface area (Å²) in [5, 5.41) is 10.7. The Balaban J connectivity index is 1.83. The van der Waals surface area contributed by atoms with Crippen molar-refractivity contribution in [2.75, 3.05) is 18.5 Å². The molecule has 3 N–H and O–H groups in total. The van der Waals surface area contributed by atoms with Gasteiger partial charge in [-0.3, -0.25) is 4.79 Å². The van der Waals surface area contributed by atoms with Crippen molar-refractivity contribution in [2.45, 2.75) is 38.1 Å². The zero-order chi connectivity index (χ0) is 13.9. The fourth-order valence-electron chi connectivity index (χ4n) is 2.50. The molecule has 1 saturated carbocycles. The van der Waals surface area contributed by atoms with Gasteiger partial charge in [0.25, 0.3) is 5.56 Å². The van der Waals surface area contributed by atoms with Crippen LogP contribution in [0, 0.1) is 11.3 Å². The number of rotatable bonds is 5. The summed E-state index contributed by atoms with van der Waals surface area (Å²) < 4.78 is 5.33. The highest BCUT2D eigenvalue weighted by atomic mass is 16.5. The van der Waals surface area contributed by atoms with Crippen LogP contribution in [0.4, 0.5) is 5.82 Å². The minimum atomic E-state index is -0.222. The Labute approximate surface area is 117 Å². The lowest BCUT2D eigenvalue weighted by Crippen LogP contribution is -2.30. The van der Waals surface area contributed by atoms with E-state index in [-0.39, 0.29) is 11.6 Å². The van der Waals surface area contributed by atoms with Crippen LogP contribution in [0.1, 0.15) is 37.1 Å². The Morgan fingerprint density at radius 3 is 2.75 bits per heavy atom. The van der Waals surface area contributed by atoms with Crippen molar-refractivity contribution >= 4 is 12.0 Å². The van der Waals surface area contributed by atoms with Crippen molar-refractivity contribution < 1.29 is 4.74 Å². The molecular weight excluding hydrogens is 256 g/mol. The first-order chi connectivity index (χ1) is 9.76. The molecule has 0 atom stereocenters. The summed E-state index contributed by atoms with van der Waals surface area (Å²) in [7, 11) is 0. The van der Waals surface area contributed by atoms with Crippen molar-refractivity contribution in [3.63, 3.8) is 0 Å². The Hall–Kier alpha value is -1.69. The number of ether oxygens (including phenoxy) is 1. The second kappa shape index (κ2) is 5.75. The second-order valence-electron chi connectivity index (χ2n) is 5.60. The van der Waals surface area contributed by atoms with E-state index in [0.717, 1.165) is 44.5 Å². The molecule has 1 saturated heterocycles. The molecule has 0 amide bonds. The van der Waals surface area contributed by atoms with Gasteiger partial charge < -0.3 is 20.4 Å². The Kier molecular flexibility index (Phi) is 3.82. The summed E-state index contributed by atoms with van der Waals surface area (Å²) in [5.41, 5.74) is 0.0937. The van der Waals surface area contributed by atoms with Gasteiger partial charge >= 0.3 is 0 Å². The third-order valence-corrected chi connectivity index (χ3v) is 3.89. The average Bonchev–Trinajstić information content (AvgIpc) is 3.24. The lowest BCUT2D eigenvalue weighted by molar-refractivity contribution is 0.0904. The number of H-pyrrole nitrogens is 1. The summed E-state index contributed by atoms with van der Waals surface area (Å²) in [6, 6.07) is 0.269.